The van der Waals surface area contributed by atoms with Crippen molar-refractivity contribution in [2.75, 3.05) is 32.8 Å². The molecule has 1 fully saturated rings. The first-order valence-corrected chi connectivity index (χ1v) is 5.84. The minimum Gasteiger partial charge on any atom is -0.377 e. The van der Waals surface area contributed by atoms with Crippen molar-refractivity contribution >= 4 is 6.03 Å². The van der Waals surface area contributed by atoms with Crippen molar-refractivity contribution in [2.24, 2.45) is 0 Å². The van der Waals surface area contributed by atoms with Gasteiger partial charge in [-0.05, 0) is 27.2 Å². The van der Waals surface area contributed by atoms with Crippen LogP contribution in [-0.4, -0.2) is 54.7 Å². The average Bonchev–Trinajstić information content (AvgIpc) is 2.44. The first kappa shape index (κ1) is 12.3. The fraction of sp³-hybridized carbons (Fsp3) is 0.909. The van der Waals surface area contributed by atoms with E-state index in [1.807, 2.05) is 30.6 Å². The highest BCUT2D eigenvalue weighted by Crippen LogP contribution is 2.08. The molecular formula is C11H22N2O2. The smallest absolute Gasteiger partial charge is 0.320 e. The topological polar surface area (TPSA) is 32.8 Å². The van der Waals surface area contributed by atoms with E-state index >= 15 is 0 Å². The summed E-state index contributed by atoms with van der Waals surface area (Å²) in [5.74, 6) is 0. The van der Waals surface area contributed by atoms with Gasteiger partial charge in [-0.1, -0.05) is 0 Å². The van der Waals surface area contributed by atoms with Gasteiger partial charge in [-0.25, -0.2) is 4.79 Å². The van der Waals surface area contributed by atoms with E-state index in [1.54, 1.807) is 0 Å². The lowest BCUT2D eigenvalue weighted by Gasteiger charge is -2.29. The maximum absolute atomic E-state index is 12.1. The van der Waals surface area contributed by atoms with E-state index in [2.05, 4.69) is 0 Å². The number of carbonyl (C=O) groups is 1. The highest BCUT2D eigenvalue weighted by molar-refractivity contribution is 5.74. The lowest BCUT2D eigenvalue weighted by atomic mass is 10.3. The van der Waals surface area contributed by atoms with Crippen LogP contribution in [0.1, 0.15) is 27.2 Å². The fourth-order valence-corrected chi connectivity index (χ4v) is 1.86. The van der Waals surface area contributed by atoms with Gasteiger partial charge in [0.1, 0.15) is 0 Å². The molecule has 88 valence electrons. The largest absolute Gasteiger partial charge is 0.377 e. The van der Waals surface area contributed by atoms with E-state index in [-0.39, 0.29) is 12.1 Å². The highest BCUT2D eigenvalue weighted by Gasteiger charge is 2.22. The van der Waals surface area contributed by atoms with Crippen molar-refractivity contribution in [1.82, 2.24) is 9.80 Å². The molecule has 1 aliphatic rings. The molecule has 0 aliphatic carbocycles. The summed E-state index contributed by atoms with van der Waals surface area (Å²) < 4.78 is 5.52. The Kier molecular flexibility index (Phi) is 4.88. The van der Waals surface area contributed by atoms with Gasteiger partial charge in [0.05, 0.1) is 6.10 Å². The van der Waals surface area contributed by atoms with E-state index in [0.717, 1.165) is 39.2 Å². The van der Waals surface area contributed by atoms with Crippen LogP contribution in [0.4, 0.5) is 4.79 Å². The van der Waals surface area contributed by atoms with Crippen LogP contribution in [-0.2, 0) is 4.74 Å². The van der Waals surface area contributed by atoms with Crippen molar-refractivity contribution < 1.29 is 9.53 Å². The van der Waals surface area contributed by atoms with Crippen molar-refractivity contribution in [2.45, 2.75) is 33.3 Å². The second kappa shape index (κ2) is 5.95. The van der Waals surface area contributed by atoms with Crippen molar-refractivity contribution in [1.29, 1.82) is 0 Å². The zero-order chi connectivity index (χ0) is 11.3. The highest BCUT2D eigenvalue weighted by atomic mass is 16.5. The third-order valence-corrected chi connectivity index (χ3v) is 2.76. The van der Waals surface area contributed by atoms with Gasteiger partial charge in [0.2, 0.25) is 0 Å². The van der Waals surface area contributed by atoms with E-state index in [4.69, 9.17) is 4.74 Å². The standard InChI is InChI=1S/C11H22N2O2/c1-4-12(5-2)11(14)13-7-6-8-15-10(3)9-13/h10H,4-9H2,1-3H3. The number of hydrogen-bond acceptors (Lipinski definition) is 2. The molecular weight excluding hydrogens is 192 g/mol. The Balaban J connectivity index is 2.56. The number of ether oxygens (including phenoxy) is 1. The Hall–Kier alpha value is -0.770. The molecule has 2 amide bonds. The van der Waals surface area contributed by atoms with E-state index < -0.39 is 0 Å². The molecule has 0 saturated carbocycles. The molecule has 1 unspecified atom stereocenters. The number of urea groups is 1. The predicted octanol–water partition coefficient (Wildman–Crippen LogP) is 1.56. The molecule has 4 nitrogen and oxygen atoms in total. The summed E-state index contributed by atoms with van der Waals surface area (Å²) in [5.41, 5.74) is 0. The SMILES string of the molecule is CCN(CC)C(=O)N1CCCOC(C)C1. The van der Waals surface area contributed by atoms with Gasteiger partial charge in [-0.2, -0.15) is 0 Å². The van der Waals surface area contributed by atoms with Crippen molar-refractivity contribution in [3.63, 3.8) is 0 Å². The summed E-state index contributed by atoms with van der Waals surface area (Å²) in [6, 6.07) is 0.150. The second-order valence-electron chi connectivity index (χ2n) is 3.94. The minimum absolute atomic E-state index is 0.150. The van der Waals surface area contributed by atoms with Crippen LogP contribution >= 0.6 is 0 Å². The normalized spacial score (nSPS) is 22.3. The summed E-state index contributed by atoms with van der Waals surface area (Å²) in [5, 5.41) is 0. The molecule has 4 heteroatoms. The number of amides is 2. The van der Waals surface area contributed by atoms with Crippen LogP contribution in [0.5, 0.6) is 0 Å². The molecule has 1 saturated heterocycles. The van der Waals surface area contributed by atoms with Crippen molar-refractivity contribution in [3.8, 4) is 0 Å². The molecule has 0 aromatic rings. The Morgan fingerprint density at radius 1 is 1.47 bits per heavy atom. The zero-order valence-corrected chi connectivity index (χ0v) is 10.0. The maximum atomic E-state index is 12.1. The van der Waals surface area contributed by atoms with Gasteiger partial charge in [0, 0.05) is 32.8 Å². The zero-order valence-electron chi connectivity index (χ0n) is 10.0. The molecule has 0 spiro atoms. The number of rotatable bonds is 2. The van der Waals surface area contributed by atoms with Crippen LogP contribution in [0.2, 0.25) is 0 Å². The Morgan fingerprint density at radius 2 is 2.13 bits per heavy atom. The fourth-order valence-electron chi connectivity index (χ4n) is 1.86. The monoisotopic (exact) mass is 214 g/mol. The summed E-state index contributed by atoms with van der Waals surface area (Å²) in [4.78, 5) is 15.8. The first-order valence-electron chi connectivity index (χ1n) is 5.84. The van der Waals surface area contributed by atoms with Gasteiger partial charge < -0.3 is 14.5 Å². The third-order valence-electron chi connectivity index (χ3n) is 2.76. The number of nitrogens with zero attached hydrogens (tertiary/aromatic N) is 2. The minimum atomic E-state index is 0.150. The van der Waals surface area contributed by atoms with E-state index in [9.17, 15) is 4.79 Å². The molecule has 0 aromatic carbocycles. The van der Waals surface area contributed by atoms with Gasteiger partial charge >= 0.3 is 6.03 Å². The van der Waals surface area contributed by atoms with Crippen molar-refractivity contribution in [3.05, 3.63) is 0 Å². The lowest BCUT2D eigenvalue weighted by Crippen LogP contribution is -2.45. The predicted molar refractivity (Wildman–Crippen MR) is 59.9 cm³/mol. The van der Waals surface area contributed by atoms with Crippen LogP contribution in [0.25, 0.3) is 0 Å². The second-order valence-corrected chi connectivity index (χ2v) is 3.94. The quantitative estimate of drug-likeness (QED) is 0.699. The van der Waals surface area contributed by atoms with E-state index in [1.165, 1.54) is 0 Å². The molecule has 0 aromatic heterocycles. The molecule has 0 N–H and O–H groups in total. The number of carbonyl (C=O) groups excluding carboxylic acids is 1. The van der Waals surface area contributed by atoms with Crippen LogP contribution < -0.4 is 0 Å². The Bertz CT molecular complexity index is 205. The van der Waals surface area contributed by atoms with Gasteiger partial charge in [0.15, 0.2) is 0 Å². The molecule has 1 heterocycles. The lowest BCUT2D eigenvalue weighted by molar-refractivity contribution is 0.0682. The molecule has 1 rings (SSSR count). The third kappa shape index (κ3) is 3.38. The molecule has 0 radical (unpaired) electrons. The van der Waals surface area contributed by atoms with Gasteiger partial charge in [-0.15, -0.1) is 0 Å². The van der Waals surface area contributed by atoms with Gasteiger partial charge in [0.25, 0.3) is 0 Å². The van der Waals surface area contributed by atoms with E-state index in [0.29, 0.717) is 0 Å². The average molecular weight is 214 g/mol. The summed E-state index contributed by atoms with van der Waals surface area (Å²) >= 11 is 0. The first-order chi connectivity index (χ1) is 7.19. The maximum Gasteiger partial charge on any atom is 0.320 e. The molecule has 15 heavy (non-hydrogen) atoms. The number of hydrogen-bond donors (Lipinski definition) is 0. The Morgan fingerprint density at radius 3 is 2.73 bits per heavy atom. The van der Waals surface area contributed by atoms with Crippen LogP contribution in [0, 0.1) is 0 Å². The van der Waals surface area contributed by atoms with Gasteiger partial charge in [-0.3, -0.25) is 0 Å². The molecule has 1 atom stereocenters. The summed E-state index contributed by atoms with van der Waals surface area (Å²) in [6.45, 7) is 9.91. The molecule has 0 bridgehead atoms. The van der Waals surface area contributed by atoms with Crippen LogP contribution in [0.3, 0.4) is 0 Å². The van der Waals surface area contributed by atoms with Crippen LogP contribution in [0.15, 0.2) is 0 Å². The Labute approximate surface area is 92.2 Å². The summed E-state index contributed by atoms with van der Waals surface area (Å²) in [7, 11) is 0. The summed E-state index contributed by atoms with van der Waals surface area (Å²) in [6.07, 6.45) is 1.10. The molecule has 1 aliphatic heterocycles.